The maximum absolute atomic E-state index is 2.41. The van der Waals surface area contributed by atoms with Crippen molar-refractivity contribution in [1.82, 2.24) is 0 Å². The first kappa shape index (κ1) is 10.1. The van der Waals surface area contributed by atoms with E-state index in [0.29, 0.717) is 5.41 Å². The number of rotatable bonds is 0. The third-order valence-corrected chi connectivity index (χ3v) is 3.40. The summed E-state index contributed by atoms with van der Waals surface area (Å²) in [5.74, 6) is 2.87. The molecular weight excluding hydrogens is 144 g/mol. The van der Waals surface area contributed by atoms with Crippen molar-refractivity contribution < 1.29 is 0 Å². The molecule has 72 valence electrons. The Morgan fingerprint density at radius 3 is 1.58 bits per heavy atom. The zero-order valence-corrected chi connectivity index (χ0v) is 9.35. The summed E-state index contributed by atoms with van der Waals surface area (Å²) in [6.07, 6.45) is 4.36. The van der Waals surface area contributed by atoms with Crippen LogP contribution in [0.3, 0.4) is 0 Å². The van der Waals surface area contributed by atoms with Gasteiger partial charge in [-0.1, -0.05) is 34.6 Å². The Hall–Kier alpha value is 0. The number of hydrogen-bond donors (Lipinski definition) is 0. The Kier molecular flexibility index (Phi) is 2.85. The normalized spacial score (nSPS) is 38.2. The van der Waals surface area contributed by atoms with Crippen LogP contribution < -0.4 is 0 Å². The lowest BCUT2D eigenvalue weighted by molar-refractivity contribution is 0.115. The minimum Gasteiger partial charge on any atom is -0.0625 e. The van der Waals surface area contributed by atoms with Crippen LogP contribution in [0.15, 0.2) is 0 Å². The van der Waals surface area contributed by atoms with Gasteiger partial charge in [0.1, 0.15) is 0 Å². The molecule has 0 N–H and O–H groups in total. The van der Waals surface area contributed by atoms with Crippen molar-refractivity contribution in [1.29, 1.82) is 0 Å². The van der Waals surface area contributed by atoms with E-state index in [1.807, 2.05) is 0 Å². The van der Waals surface area contributed by atoms with Crippen LogP contribution >= 0.6 is 0 Å². The zero-order valence-electron chi connectivity index (χ0n) is 9.35. The van der Waals surface area contributed by atoms with Gasteiger partial charge in [-0.2, -0.15) is 0 Å². The standard InChI is InChI=1S/C12H24/c1-9-6-10(2)8-11(7-9)12(3,4)5/h9-11H,6-8H2,1-5H3. The van der Waals surface area contributed by atoms with Gasteiger partial charge in [0, 0.05) is 0 Å². The molecule has 0 aromatic heterocycles. The highest BCUT2D eigenvalue weighted by Crippen LogP contribution is 2.42. The molecule has 0 saturated heterocycles. The van der Waals surface area contributed by atoms with E-state index in [2.05, 4.69) is 34.6 Å². The lowest BCUT2D eigenvalue weighted by Gasteiger charge is -2.39. The van der Waals surface area contributed by atoms with E-state index in [1.54, 1.807) is 0 Å². The molecule has 1 aliphatic carbocycles. The molecule has 0 spiro atoms. The van der Waals surface area contributed by atoms with Crippen LogP contribution in [0.5, 0.6) is 0 Å². The van der Waals surface area contributed by atoms with Crippen LogP contribution in [0.25, 0.3) is 0 Å². The topological polar surface area (TPSA) is 0 Å². The lowest BCUT2D eigenvalue weighted by atomic mass is 9.66. The van der Waals surface area contributed by atoms with Gasteiger partial charge in [-0.25, -0.2) is 0 Å². The molecule has 0 aliphatic heterocycles. The van der Waals surface area contributed by atoms with E-state index in [-0.39, 0.29) is 0 Å². The van der Waals surface area contributed by atoms with Crippen LogP contribution in [0.2, 0.25) is 0 Å². The quantitative estimate of drug-likeness (QED) is 0.511. The largest absolute Gasteiger partial charge is 0.0625 e. The second kappa shape index (κ2) is 3.40. The van der Waals surface area contributed by atoms with E-state index in [1.165, 1.54) is 19.3 Å². The van der Waals surface area contributed by atoms with Crippen LogP contribution in [-0.4, -0.2) is 0 Å². The first-order valence-electron chi connectivity index (χ1n) is 5.39. The highest BCUT2D eigenvalue weighted by Gasteiger charge is 2.31. The Balaban J connectivity index is 2.55. The summed E-state index contributed by atoms with van der Waals surface area (Å²) in [4.78, 5) is 0. The van der Waals surface area contributed by atoms with Crippen molar-refractivity contribution in [3.63, 3.8) is 0 Å². The monoisotopic (exact) mass is 168 g/mol. The average Bonchev–Trinajstić information content (AvgIpc) is 1.82. The summed E-state index contributed by atoms with van der Waals surface area (Å²) in [5, 5.41) is 0. The first-order chi connectivity index (χ1) is 5.39. The Morgan fingerprint density at radius 1 is 0.833 bits per heavy atom. The van der Waals surface area contributed by atoms with Gasteiger partial charge in [0.15, 0.2) is 0 Å². The highest BCUT2D eigenvalue weighted by molar-refractivity contribution is 4.82. The molecule has 0 radical (unpaired) electrons. The van der Waals surface area contributed by atoms with Gasteiger partial charge >= 0.3 is 0 Å². The Bertz CT molecular complexity index is 131. The summed E-state index contributed by atoms with van der Waals surface area (Å²) in [5.41, 5.74) is 0.531. The molecule has 12 heavy (non-hydrogen) atoms. The molecule has 1 fully saturated rings. The third kappa shape index (κ3) is 2.50. The van der Waals surface area contributed by atoms with Gasteiger partial charge in [0.2, 0.25) is 0 Å². The maximum atomic E-state index is 2.41. The van der Waals surface area contributed by atoms with Crippen molar-refractivity contribution in [2.24, 2.45) is 23.2 Å². The Labute approximate surface area is 77.7 Å². The predicted molar refractivity (Wildman–Crippen MR) is 55.1 cm³/mol. The average molecular weight is 168 g/mol. The molecule has 0 heterocycles. The molecule has 0 amide bonds. The van der Waals surface area contributed by atoms with Crippen LogP contribution in [0.4, 0.5) is 0 Å². The molecule has 1 saturated carbocycles. The second-order valence-corrected chi connectivity index (χ2v) is 5.98. The van der Waals surface area contributed by atoms with Crippen LogP contribution in [-0.2, 0) is 0 Å². The lowest BCUT2D eigenvalue weighted by Crippen LogP contribution is -2.29. The van der Waals surface area contributed by atoms with Gasteiger partial charge < -0.3 is 0 Å². The minimum absolute atomic E-state index is 0.531. The van der Waals surface area contributed by atoms with E-state index in [0.717, 1.165) is 17.8 Å². The fraction of sp³-hybridized carbons (Fsp3) is 1.00. The second-order valence-electron chi connectivity index (χ2n) is 5.98. The summed E-state index contributed by atoms with van der Waals surface area (Å²) in [6.45, 7) is 12.0. The van der Waals surface area contributed by atoms with Crippen molar-refractivity contribution in [3.05, 3.63) is 0 Å². The van der Waals surface area contributed by atoms with Crippen LogP contribution in [0.1, 0.15) is 53.9 Å². The van der Waals surface area contributed by atoms with Gasteiger partial charge in [-0.15, -0.1) is 0 Å². The first-order valence-corrected chi connectivity index (χ1v) is 5.39. The molecule has 0 aromatic rings. The van der Waals surface area contributed by atoms with Gasteiger partial charge in [-0.3, -0.25) is 0 Å². The third-order valence-electron chi connectivity index (χ3n) is 3.40. The molecular formula is C12H24. The molecule has 1 aliphatic rings. The molecule has 0 aromatic carbocycles. The summed E-state index contributed by atoms with van der Waals surface area (Å²) < 4.78 is 0. The fourth-order valence-electron chi connectivity index (χ4n) is 2.65. The maximum Gasteiger partial charge on any atom is -0.0354 e. The number of hydrogen-bond acceptors (Lipinski definition) is 0. The molecule has 0 nitrogen and oxygen atoms in total. The predicted octanol–water partition coefficient (Wildman–Crippen LogP) is 4.10. The summed E-state index contributed by atoms with van der Waals surface area (Å²) in [7, 11) is 0. The Morgan fingerprint density at radius 2 is 1.25 bits per heavy atom. The smallest absolute Gasteiger partial charge is 0.0354 e. The fourth-order valence-corrected chi connectivity index (χ4v) is 2.65. The zero-order chi connectivity index (χ0) is 9.35. The molecule has 0 heteroatoms. The molecule has 1 rings (SSSR count). The van der Waals surface area contributed by atoms with Gasteiger partial charge in [-0.05, 0) is 42.4 Å². The van der Waals surface area contributed by atoms with E-state index in [9.17, 15) is 0 Å². The van der Waals surface area contributed by atoms with Crippen LogP contribution in [0, 0.1) is 23.2 Å². The van der Waals surface area contributed by atoms with E-state index < -0.39 is 0 Å². The van der Waals surface area contributed by atoms with Crippen molar-refractivity contribution in [2.45, 2.75) is 53.9 Å². The van der Waals surface area contributed by atoms with Crippen molar-refractivity contribution >= 4 is 0 Å². The minimum atomic E-state index is 0.531. The van der Waals surface area contributed by atoms with Gasteiger partial charge in [0.05, 0.1) is 0 Å². The van der Waals surface area contributed by atoms with Gasteiger partial charge in [0.25, 0.3) is 0 Å². The van der Waals surface area contributed by atoms with Crippen molar-refractivity contribution in [3.8, 4) is 0 Å². The highest BCUT2D eigenvalue weighted by atomic mass is 14.4. The van der Waals surface area contributed by atoms with Crippen molar-refractivity contribution in [2.75, 3.05) is 0 Å². The summed E-state index contributed by atoms with van der Waals surface area (Å²) in [6, 6.07) is 0. The van der Waals surface area contributed by atoms with E-state index >= 15 is 0 Å². The SMILES string of the molecule is CC1CC(C)CC(C(C)(C)C)C1. The molecule has 2 atom stereocenters. The summed E-state index contributed by atoms with van der Waals surface area (Å²) >= 11 is 0. The molecule has 0 bridgehead atoms. The van der Waals surface area contributed by atoms with E-state index in [4.69, 9.17) is 0 Å². The molecule has 2 unspecified atom stereocenters.